The SMILES string of the molecule is CC[C@@H](C)C(=O)Oc1c(OC)cc(C=CCOC(C)=O)cc1OC. The lowest BCUT2D eigenvalue weighted by Crippen LogP contribution is -2.17. The highest BCUT2D eigenvalue weighted by molar-refractivity contribution is 5.77. The monoisotopic (exact) mass is 336 g/mol. The molecule has 0 saturated carbocycles. The van der Waals surface area contributed by atoms with Gasteiger partial charge in [0.2, 0.25) is 5.75 Å². The minimum atomic E-state index is -0.345. The maximum atomic E-state index is 12.0. The Labute approximate surface area is 142 Å². The van der Waals surface area contributed by atoms with Gasteiger partial charge in [-0.25, -0.2) is 0 Å². The molecule has 6 heteroatoms. The second-order valence-corrected chi connectivity index (χ2v) is 5.19. The van der Waals surface area contributed by atoms with Gasteiger partial charge in [0.15, 0.2) is 11.5 Å². The molecule has 24 heavy (non-hydrogen) atoms. The van der Waals surface area contributed by atoms with Crippen molar-refractivity contribution < 1.29 is 28.5 Å². The minimum absolute atomic E-state index is 0.171. The summed E-state index contributed by atoms with van der Waals surface area (Å²) in [4.78, 5) is 22.8. The molecule has 0 fully saturated rings. The molecule has 1 aromatic carbocycles. The predicted octanol–water partition coefficient (Wildman–Crippen LogP) is 3.23. The number of hydrogen-bond acceptors (Lipinski definition) is 6. The first kappa shape index (κ1) is 19.5. The predicted molar refractivity (Wildman–Crippen MR) is 90.3 cm³/mol. The molecule has 0 unspecified atom stereocenters. The number of methoxy groups -OCH3 is 2. The van der Waals surface area contributed by atoms with E-state index in [4.69, 9.17) is 18.9 Å². The molecule has 0 amide bonds. The average Bonchev–Trinajstić information content (AvgIpc) is 2.58. The molecule has 132 valence electrons. The fraction of sp³-hybridized carbons (Fsp3) is 0.444. The number of benzene rings is 1. The van der Waals surface area contributed by atoms with Gasteiger partial charge in [-0.05, 0) is 30.2 Å². The third kappa shape index (κ3) is 5.61. The number of rotatable bonds is 8. The van der Waals surface area contributed by atoms with E-state index in [9.17, 15) is 9.59 Å². The summed E-state index contributed by atoms with van der Waals surface area (Å²) in [6.07, 6.45) is 4.13. The van der Waals surface area contributed by atoms with E-state index in [0.717, 1.165) is 5.56 Å². The normalized spacial score (nSPS) is 11.9. The van der Waals surface area contributed by atoms with E-state index in [2.05, 4.69) is 0 Å². The first-order valence-electron chi connectivity index (χ1n) is 7.70. The Hall–Kier alpha value is -2.50. The van der Waals surface area contributed by atoms with Gasteiger partial charge in [-0.1, -0.05) is 19.9 Å². The average molecular weight is 336 g/mol. The quantitative estimate of drug-likeness (QED) is 0.536. The zero-order valence-electron chi connectivity index (χ0n) is 14.8. The summed E-state index contributed by atoms with van der Waals surface area (Å²) < 4.78 is 20.9. The lowest BCUT2D eigenvalue weighted by atomic mass is 10.1. The molecule has 0 aliphatic carbocycles. The second-order valence-electron chi connectivity index (χ2n) is 5.19. The van der Waals surface area contributed by atoms with Crippen LogP contribution in [0.5, 0.6) is 17.2 Å². The number of carbonyl (C=O) groups excluding carboxylic acids is 2. The highest BCUT2D eigenvalue weighted by Gasteiger charge is 2.20. The summed E-state index contributed by atoms with van der Waals surface area (Å²) in [6.45, 7) is 5.23. The number of esters is 2. The Morgan fingerprint density at radius 3 is 2.21 bits per heavy atom. The van der Waals surface area contributed by atoms with Crippen molar-refractivity contribution >= 4 is 18.0 Å². The Morgan fingerprint density at radius 2 is 1.75 bits per heavy atom. The van der Waals surface area contributed by atoms with E-state index < -0.39 is 0 Å². The van der Waals surface area contributed by atoms with E-state index >= 15 is 0 Å². The maximum Gasteiger partial charge on any atom is 0.314 e. The largest absolute Gasteiger partial charge is 0.493 e. The van der Waals surface area contributed by atoms with Crippen LogP contribution in [0.25, 0.3) is 6.08 Å². The lowest BCUT2D eigenvalue weighted by Gasteiger charge is -2.16. The van der Waals surface area contributed by atoms with Gasteiger partial charge in [-0.15, -0.1) is 0 Å². The Balaban J connectivity index is 3.05. The molecule has 1 atom stereocenters. The van der Waals surface area contributed by atoms with Crippen molar-refractivity contribution in [3.63, 3.8) is 0 Å². The topological polar surface area (TPSA) is 71.1 Å². The van der Waals surface area contributed by atoms with Crippen molar-refractivity contribution in [3.05, 3.63) is 23.8 Å². The van der Waals surface area contributed by atoms with Crippen molar-refractivity contribution in [3.8, 4) is 17.2 Å². The van der Waals surface area contributed by atoms with Crippen molar-refractivity contribution in [1.82, 2.24) is 0 Å². The first-order valence-corrected chi connectivity index (χ1v) is 7.70. The summed E-state index contributed by atoms with van der Waals surface area (Å²) >= 11 is 0. The third-order valence-electron chi connectivity index (χ3n) is 3.39. The van der Waals surface area contributed by atoms with Gasteiger partial charge >= 0.3 is 11.9 Å². The maximum absolute atomic E-state index is 12.0. The van der Waals surface area contributed by atoms with Crippen LogP contribution >= 0.6 is 0 Å². The van der Waals surface area contributed by atoms with Crippen LogP contribution in [0.3, 0.4) is 0 Å². The third-order valence-corrected chi connectivity index (χ3v) is 3.39. The lowest BCUT2D eigenvalue weighted by molar-refractivity contribution is -0.140. The molecule has 1 aromatic rings. The molecule has 6 nitrogen and oxygen atoms in total. The number of ether oxygens (including phenoxy) is 4. The summed E-state index contributed by atoms with van der Waals surface area (Å²) in [6, 6.07) is 3.43. The van der Waals surface area contributed by atoms with Crippen molar-refractivity contribution in [2.75, 3.05) is 20.8 Å². The van der Waals surface area contributed by atoms with Gasteiger partial charge in [0, 0.05) is 6.92 Å². The highest BCUT2D eigenvalue weighted by atomic mass is 16.6. The van der Waals surface area contributed by atoms with Crippen LogP contribution in [0.1, 0.15) is 32.8 Å². The van der Waals surface area contributed by atoms with Gasteiger partial charge in [0.05, 0.1) is 20.1 Å². The molecular formula is C18H24O6. The highest BCUT2D eigenvalue weighted by Crippen LogP contribution is 2.39. The van der Waals surface area contributed by atoms with Crippen molar-refractivity contribution in [1.29, 1.82) is 0 Å². The summed E-state index contributed by atoms with van der Waals surface area (Å²) in [5.41, 5.74) is 0.763. The summed E-state index contributed by atoms with van der Waals surface area (Å²) in [5.74, 6) is 0.121. The van der Waals surface area contributed by atoms with Crippen LogP contribution in [0.4, 0.5) is 0 Å². The molecule has 0 aliphatic rings. The molecule has 0 aliphatic heterocycles. The summed E-state index contributed by atoms with van der Waals surface area (Å²) in [5, 5.41) is 0. The van der Waals surface area contributed by atoms with E-state index in [-0.39, 0.29) is 30.2 Å². The molecule has 0 bridgehead atoms. The Morgan fingerprint density at radius 1 is 1.17 bits per heavy atom. The molecule has 0 aromatic heterocycles. The second kappa shape index (κ2) is 9.60. The van der Waals surface area contributed by atoms with Crippen LogP contribution in [0.15, 0.2) is 18.2 Å². The summed E-state index contributed by atoms with van der Waals surface area (Å²) in [7, 11) is 2.98. The van der Waals surface area contributed by atoms with E-state index in [1.807, 2.05) is 6.92 Å². The number of hydrogen-bond donors (Lipinski definition) is 0. The van der Waals surface area contributed by atoms with E-state index in [1.54, 1.807) is 31.2 Å². The van der Waals surface area contributed by atoms with Crippen LogP contribution in [-0.2, 0) is 14.3 Å². The van der Waals surface area contributed by atoms with Gasteiger partial charge in [-0.3, -0.25) is 9.59 Å². The van der Waals surface area contributed by atoms with Crippen molar-refractivity contribution in [2.45, 2.75) is 27.2 Å². The van der Waals surface area contributed by atoms with Crippen LogP contribution < -0.4 is 14.2 Å². The van der Waals surface area contributed by atoms with E-state index in [0.29, 0.717) is 17.9 Å². The standard InChI is InChI=1S/C18H24O6/c1-6-12(2)18(20)24-17-15(21-4)10-14(11-16(17)22-5)8-7-9-23-13(3)19/h7-8,10-12H,6,9H2,1-5H3/t12-/m1/s1. The smallest absolute Gasteiger partial charge is 0.314 e. The van der Waals surface area contributed by atoms with Gasteiger partial charge in [0.25, 0.3) is 0 Å². The first-order chi connectivity index (χ1) is 11.4. The Kier molecular flexibility index (Phi) is 7.82. The molecule has 0 heterocycles. The van der Waals surface area contributed by atoms with Gasteiger partial charge in [-0.2, -0.15) is 0 Å². The minimum Gasteiger partial charge on any atom is -0.493 e. The molecular weight excluding hydrogens is 312 g/mol. The molecule has 0 N–H and O–H groups in total. The van der Waals surface area contributed by atoms with Gasteiger partial charge < -0.3 is 18.9 Å². The zero-order chi connectivity index (χ0) is 18.1. The van der Waals surface area contributed by atoms with E-state index in [1.165, 1.54) is 21.1 Å². The molecule has 1 rings (SSSR count). The molecule has 0 radical (unpaired) electrons. The zero-order valence-corrected chi connectivity index (χ0v) is 14.8. The van der Waals surface area contributed by atoms with Crippen LogP contribution in [-0.4, -0.2) is 32.8 Å². The fourth-order valence-corrected chi connectivity index (χ4v) is 1.81. The molecule has 0 saturated heterocycles. The van der Waals surface area contributed by atoms with Crippen LogP contribution in [0, 0.1) is 5.92 Å². The van der Waals surface area contributed by atoms with Crippen molar-refractivity contribution in [2.24, 2.45) is 5.92 Å². The number of carbonyl (C=O) groups is 2. The van der Waals surface area contributed by atoms with Crippen LogP contribution in [0.2, 0.25) is 0 Å². The molecule has 0 spiro atoms. The van der Waals surface area contributed by atoms with Gasteiger partial charge in [0.1, 0.15) is 6.61 Å². The Bertz CT molecular complexity index is 581. The fourth-order valence-electron chi connectivity index (χ4n) is 1.81.